The molecule has 1 unspecified atom stereocenters. The highest BCUT2D eigenvalue weighted by Crippen LogP contribution is 2.05. The zero-order chi connectivity index (χ0) is 12.7. The highest BCUT2D eigenvalue weighted by atomic mass is 35.5. The first kappa shape index (κ1) is 16.7. The minimum Gasteiger partial charge on any atom is -0.399 e. The van der Waals surface area contributed by atoms with Gasteiger partial charge >= 0.3 is 0 Å². The van der Waals surface area contributed by atoms with E-state index in [2.05, 4.69) is 5.32 Å². The Morgan fingerprint density at radius 3 is 2.56 bits per heavy atom. The Bertz CT molecular complexity index is 355. The summed E-state index contributed by atoms with van der Waals surface area (Å²) in [5, 5.41) is 12.1. The first-order valence-electron chi connectivity index (χ1n) is 5.91. The number of rotatable bonds is 6. The molecule has 0 aliphatic heterocycles. The largest absolute Gasteiger partial charge is 0.399 e. The van der Waals surface area contributed by atoms with Gasteiger partial charge in [-0.1, -0.05) is 19.1 Å². The highest BCUT2D eigenvalue weighted by Gasteiger charge is 2.04. The lowest BCUT2D eigenvalue weighted by Gasteiger charge is -2.08. The van der Waals surface area contributed by atoms with Crippen molar-refractivity contribution < 1.29 is 9.90 Å². The van der Waals surface area contributed by atoms with Crippen molar-refractivity contribution in [3.05, 3.63) is 29.8 Å². The Morgan fingerprint density at radius 2 is 2.00 bits per heavy atom. The molecule has 5 heteroatoms. The lowest BCUT2D eigenvalue weighted by molar-refractivity contribution is -0.120. The molecule has 0 bridgehead atoms. The SMILES string of the molecule is CCC(O)CCNC(=O)Cc1ccc(N)cc1.Cl. The maximum absolute atomic E-state index is 11.5. The van der Waals surface area contributed by atoms with E-state index in [1.54, 1.807) is 12.1 Å². The predicted octanol–water partition coefficient (Wildman–Crippen LogP) is 1.51. The quantitative estimate of drug-likeness (QED) is 0.687. The first-order chi connectivity index (χ1) is 8.11. The highest BCUT2D eigenvalue weighted by molar-refractivity contribution is 5.85. The van der Waals surface area contributed by atoms with Gasteiger partial charge in [-0.05, 0) is 30.5 Å². The van der Waals surface area contributed by atoms with Crippen LogP contribution in [0.4, 0.5) is 5.69 Å². The molecule has 4 nitrogen and oxygen atoms in total. The molecule has 0 radical (unpaired) electrons. The zero-order valence-corrected chi connectivity index (χ0v) is 11.4. The number of hydrogen-bond donors (Lipinski definition) is 3. The summed E-state index contributed by atoms with van der Waals surface area (Å²) < 4.78 is 0. The van der Waals surface area contributed by atoms with E-state index < -0.39 is 0 Å². The number of amides is 1. The topological polar surface area (TPSA) is 75.3 Å². The number of anilines is 1. The molecular weight excluding hydrogens is 252 g/mol. The summed E-state index contributed by atoms with van der Waals surface area (Å²) in [6, 6.07) is 7.25. The van der Waals surface area contributed by atoms with Gasteiger partial charge in [0.25, 0.3) is 0 Å². The number of hydrogen-bond acceptors (Lipinski definition) is 3. The minimum absolute atomic E-state index is 0. The van der Waals surface area contributed by atoms with E-state index in [4.69, 9.17) is 5.73 Å². The molecule has 0 saturated heterocycles. The van der Waals surface area contributed by atoms with Gasteiger partial charge in [0.05, 0.1) is 12.5 Å². The standard InChI is InChI=1S/C13H20N2O2.ClH/c1-2-12(16)7-8-15-13(17)9-10-3-5-11(14)6-4-10;/h3-6,12,16H,2,7-9,14H2,1H3,(H,15,17);1H. The molecule has 0 spiro atoms. The van der Waals surface area contributed by atoms with Crippen LogP contribution in [0.2, 0.25) is 0 Å². The first-order valence-corrected chi connectivity index (χ1v) is 5.91. The third-order valence-corrected chi connectivity index (χ3v) is 2.62. The molecule has 0 aliphatic rings. The Kier molecular flexibility index (Phi) is 8.16. The van der Waals surface area contributed by atoms with Crippen molar-refractivity contribution in [1.29, 1.82) is 0 Å². The van der Waals surface area contributed by atoms with Crippen molar-refractivity contribution in [2.24, 2.45) is 0 Å². The predicted molar refractivity (Wildman–Crippen MR) is 75.7 cm³/mol. The molecule has 4 N–H and O–H groups in total. The normalized spacial score (nSPS) is 11.4. The van der Waals surface area contributed by atoms with Gasteiger partial charge in [0.2, 0.25) is 5.91 Å². The Balaban J connectivity index is 0.00000289. The molecule has 1 aromatic rings. The third kappa shape index (κ3) is 6.47. The number of benzene rings is 1. The molecule has 0 aliphatic carbocycles. The van der Waals surface area contributed by atoms with E-state index in [0.717, 1.165) is 5.56 Å². The Morgan fingerprint density at radius 1 is 1.39 bits per heavy atom. The van der Waals surface area contributed by atoms with Gasteiger partial charge in [0.15, 0.2) is 0 Å². The molecule has 102 valence electrons. The van der Waals surface area contributed by atoms with E-state index in [1.165, 1.54) is 0 Å². The Labute approximate surface area is 114 Å². The fraction of sp³-hybridized carbons (Fsp3) is 0.462. The summed E-state index contributed by atoms with van der Waals surface area (Å²) in [6.07, 6.45) is 1.34. The van der Waals surface area contributed by atoms with Crippen LogP contribution in [0.15, 0.2) is 24.3 Å². The van der Waals surface area contributed by atoms with Gasteiger partial charge in [-0.3, -0.25) is 4.79 Å². The molecule has 0 heterocycles. The van der Waals surface area contributed by atoms with Crippen molar-refractivity contribution in [3.8, 4) is 0 Å². The van der Waals surface area contributed by atoms with Crippen LogP contribution >= 0.6 is 12.4 Å². The average molecular weight is 273 g/mol. The number of nitrogens with one attached hydrogen (secondary N) is 1. The molecular formula is C13H21ClN2O2. The fourth-order valence-corrected chi connectivity index (χ4v) is 1.47. The summed E-state index contributed by atoms with van der Waals surface area (Å²) in [7, 11) is 0. The second-order valence-electron chi connectivity index (χ2n) is 4.12. The third-order valence-electron chi connectivity index (χ3n) is 2.62. The fourth-order valence-electron chi connectivity index (χ4n) is 1.47. The van der Waals surface area contributed by atoms with Crippen molar-refractivity contribution in [3.63, 3.8) is 0 Å². The summed E-state index contributed by atoms with van der Waals surface area (Å²) in [5.41, 5.74) is 7.19. The average Bonchev–Trinajstić information content (AvgIpc) is 2.32. The van der Waals surface area contributed by atoms with Crippen LogP contribution in [0, 0.1) is 0 Å². The zero-order valence-electron chi connectivity index (χ0n) is 10.6. The van der Waals surface area contributed by atoms with E-state index in [0.29, 0.717) is 31.5 Å². The lowest BCUT2D eigenvalue weighted by Crippen LogP contribution is -2.28. The van der Waals surface area contributed by atoms with E-state index >= 15 is 0 Å². The van der Waals surface area contributed by atoms with Crippen molar-refractivity contribution in [2.75, 3.05) is 12.3 Å². The number of aliphatic hydroxyl groups is 1. The van der Waals surface area contributed by atoms with Crippen molar-refractivity contribution in [2.45, 2.75) is 32.3 Å². The summed E-state index contributed by atoms with van der Waals surface area (Å²) in [4.78, 5) is 11.5. The number of aliphatic hydroxyl groups excluding tert-OH is 1. The van der Waals surface area contributed by atoms with Gasteiger partial charge < -0.3 is 16.2 Å². The van der Waals surface area contributed by atoms with Gasteiger partial charge in [0, 0.05) is 12.2 Å². The van der Waals surface area contributed by atoms with Crippen LogP contribution in [-0.4, -0.2) is 23.7 Å². The summed E-state index contributed by atoms with van der Waals surface area (Å²) in [5.74, 6) is -0.0296. The molecule has 1 aromatic carbocycles. The van der Waals surface area contributed by atoms with Crippen LogP contribution < -0.4 is 11.1 Å². The van der Waals surface area contributed by atoms with Crippen LogP contribution in [0.1, 0.15) is 25.3 Å². The lowest BCUT2D eigenvalue weighted by atomic mass is 10.1. The van der Waals surface area contributed by atoms with E-state index in [-0.39, 0.29) is 24.4 Å². The molecule has 1 amide bonds. The number of nitrogens with two attached hydrogens (primary N) is 1. The molecule has 0 fully saturated rings. The van der Waals surface area contributed by atoms with Crippen LogP contribution in [0.25, 0.3) is 0 Å². The maximum atomic E-state index is 11.5. The molecule has 1 atom stereocenters. The molecule has 1 rings (SSSR count). The minimum atomic E-state index is -0.327. The van der Waals surface area contributed by atoms with Gasteiger partial charge in [-0.25, -0.2) is 0 Å². The van der Waals surface area contributed by atoms with Crippen LogP contribution in [0.5, 0.6) is 0 Å². The molecule has 0 aromatic heterocycles. The van der Waals surface area contributed by atoms with Crippen molar-refractivity contribution >= 4 is 24.0 Å². The summed E-state index contributed by atoms with van der Waals surface area (Å²) in [6.45, 7) is 2.43. The number of halogens is 1. The smallest absolute Gasteiger partial charge is 0.224 e. The van der Waals surface area contributed by atoms with Gasteiger partial charge in [-0.2, -0.15) is 0 Å². The molecule has 0 saturated carbocycles. The maximum Gasteiger partial charge on any atom is 0.224 e. The van der Waals surface area contributed by atoms with Gasteiger partial charge in [-0.15, -0.1) is 12.4 Å². The number of carbonyl (C=O) groups excluding carboxylic acids is 1. The van der Waals surface area contributed by atoms with E-state index in [1.807, 2.05) is 19.1 Å². The second kappa shape index (κ2) is 8.78. The summed E-state index contributed by atoms with van der Waals surface area (Å²) >= 11 is 0. The molecule has 18 heavy (non-hydrogen) atoms. The van der Waals surface area contributed by atoms with Crippen LogP contribution in [-0.2, 0) is 11.2 Å². The van der Waals surface area contributed by atoms with Crippen LogP contribution in [0.3, 0.4) is 0 Å². The number of carbonyl (C=O) groups is 1. The monoisotopic (exact) mass is 272 g/mol. The second-order valence-corrected chi connectivity index (χ2v) is 4.12. The van der Waals surface area contributed by atoms with E-state index in [9.17, 15) is 9.90 Å². The number of nitrogen functional groups attached to an aromatic ring is 1. The Hall–Kier alpha value is -1.26. The van der Waals surface area contributed by atoms with Gasteiger partial charge in [0.1, 0.15) is 0 Å². The van der Waals surface area contributed by atoms with Crippen molar-refractivity contribution in [1.82, 2.24) is 5.32 Å².